The van der Waals surface area contributed by atoms with Crippen LogP contribution in [-0.4, -0.2) is 59.8 Å². The third-order valence-corrected chi connectivity index (χ3v) is 6.15. The Balaban J connectivity index is 1.77. The van der Waals surface area contributed by atoms with Crippen LogP contribution in [0.1, 0.15) is 38.7 Å². The number of piperidine rings is 1. The molecule has 0 aromatic heterocycles. The Morgan fingerprint density at radius 2 is 1.83 bits per heavy atom. The zero-order chi connectivity index (χ0) is 22.1. The van der Waals surface area contributed by atoms with Crippen LogP contribution in [0.5, 0.6) is 0 Å². The summed E-state index contributed by atoms with van der Waals surface area (Å²) in [7, 11) is 0. The van der Waals surface area contributed by atoms with E-state index in [0.29, 0.717) is 38.0 Å². The van der Waals surface area contributed by atoms with E-state index in [2.05, 4.69) is 17.6 Å². The molecule has 2 atom stereocenters. The summed E-state index contributed by atoms with van der Waals surface area (Å²) in [5.41, 5.74) is 7.89. The number of carbonyl (C=O) groups is 3. The van der Waals surface area contributed by atoms with E-state index >= 15 is 0 Å². The molecular weight excluding hydrogens is 400 g/mol. The van der Waals surface area contributed by atoms with Crippen molar-refractivity contribution >= 4 is 35.2 Å². The number of nitrogens with one attached hydrogen (secondary N) is 2. The van der Waals surface area contributed by atoms with Crippen molar-refractivity contribution in [3.8, 4) is 0 Å². The molecule has 0 unspecified atom stereocenters. The number of nitrogens with zero attached hydrogens (tertiary/aromatic N) is 1. The van der Waals surface area contributed by atoms with Gasteiger partial charge in [-0.15, -0.1) is 0 Å². The quantitative estimate of drug-likeness (QED) is 0.551. The molecule has 4 N–H and O–H groups in total. The first-order chi connectivity index (χ1) is 14.3. The van der Waals surface area contributed by atoms with E-state index in [0.717, 1.165) is 12.2 Å². The second kappa shape index (κ2) is 12.0. The third-order valence-electron chi connectivity index (χ3n) is 5.51. The van der Waals surface area contributed by atoms with E-state index in [4.69, 9.17) is 5.73 Å². The Bertz CT molecular complexity index is 718. The smallest absolute Gasteiger partial charge is 0.246 e. The van der Waals surface area contributed by atoms with Gasteiger partial charge in [-0.25, -0.2) is 0 Å². The van der Waals surface area contributed by atoms with Gasteiger partial charge in [0.25, 0.3) is 0 Å². The normalized spacial score (nSPS) is 16.6. The highest BCUT2D eigenvalue weighted by atomic mass is 32.2. The minimum atomic E-state index is -0.636. The maximum absolute atomic E-state index is 12.6. The van der Waals surface area contributed by atoms with Crippen LogP contribution in [0.3, 0.4) is 0 Å². The fourth-order valence-corrected chi connectivity index (χ4v) is 3.93. The van der Waals surface area contributed by atoms with Gasteiger partial charge in [-0.2, -0.15) is 11.8 Å². The van der Waals surface area contributed by atoms with Crippen molar-refractivity contribution in [2.45, 2.75) is 51.6 Å². The number of aryl methyl sites for hydroxylation is 1. The zero-order valence-corrected chi connectivity index (χ0v) is 19.0. The van der Waals surface area contributed by atoms with Crippen LogP contribution < -0.4 is 16.4 Å². The lowest BCUT2D eigenvalue weighted by Crippen LogP contribution is -2.50. The zero-order valence-electron chi connectivity index (χ0n) is 18.1. The minimum Gasteiger partial charge on any atom is -0.344 e. The fraction of sp³-hybridized carbons (Fsp3) is 0.591. The highest BCUT2D eigenvalue weighted by Crippen LogP contribution is 2.19. The molecule has 0 saturated carbocycles. The molecule has 8 heteroatoms. The van der Waals surface area contributed by atoms with Crippen LogP contribution in [0.25, 0.3) is 0 Å². The summed E-state index contributed by atoms with van der Waals surface area (Å²) in [6, 6.07) is 6.56. The van der Waals surface area contributed by atoms with Gasteiger partial charge in [0.05, 0.1) is 6.04 Å². The number of amides is 3. The Kier molecular flexibility index (Phi) is 9.65. The van der Waals surface area contributed by atoms with Crippen LogP contribution in [0.15, 0.2) is 24.3 Å². The molecule has 0 radical (unpaired) electrons. The second-order valence-corrected chi connectivity index (χ2v) is 8.74. The molecule has 0 spiro atoms. The molecule has 1 heterocycles. The first-order valence-corrected chi connectivity index (χ1v) is 12.0. The Hall–Kier alpha value is -2.06. The average molecular weight is 435 g/mol. The predicted octanol–water partition coefficient (Wildman–Crippen LogP) is 2.01. The average Bonchev–Trinajstić information content (AvgIpc) is 2.77. The van der Waals surface area contributed by atoms with Crippen molar-refractivity contribution in [3.63, 3.8) is 0 Å². The largest absolute Gasteiger partial charge is 0.344 e. The lowest BCUT2D eigenvalue weighted by atomic mass is 9.95. The maximum Gasteiger partial charge on any atom is 0.246 e. The Morgan fingerprint density at radius 3 is 2.40 bits per heavy atom. The molecule has 30 heavy (non-hydrogen) atoms. The highest BCUT2D eigenvalue weighted by Gasteiger charge is 2.30. The van der Waals surface area contributed by atoms with Gasteiger partial charge in [0.15, 0.2) is 0 Å². The molecule has 0 aliphatic carbocycles. The van der Waals surface area contributed by atoms with Crippen molar-refractivity contribution in [3.05, 3.63) is 29.8 Å². The molecule has 2 rings (SSSR count). The molecule has 1 aromatic rings. The Morgan fingerprint density at radius 1 is 1.20 bits per heavy atom. The summed E-state index contributed by atoms with van der Waals surface area (Å²) in [5.74, 6) is 0.229. The summed E-state index contributed by atoms with van der Waals surface area (Å²) in [6.07, 6.45) is 4.76. The number of carbonyl (C=O) groups excluding carboxylic acids is 3. The molecular formula is C22H34N4O3S. The monoisotopic (exact) mass is 434 g/mol. The fourth-order valence-electron chi connectivity index (χ4n) is 3.44. The molecule has 1 saturated heterocycles. The number of anilines is 1. The van der Waals surface area contributed by atoms with E-state index in [9.17, 15) is 14.4 Å². The lowest BCUT2D eigenvalue weighted by Gasteiger charge is -2.33. The summed E-state index contributed by atoms with van der Waals surface area (Å²) in [6.45, 7) is 4.80. The van der Waals surface area contributed by atoms with E-state index in [1.807, 2.05) is 30.5 Å². The van der Waals surface area contributed by atoms with Crippen LogP contribution in [0.2, 0.25) is 0 Å². The standard InChI is InChI=1S/C22H34N4O3S/c1-4-16-5-7-18(8-6-16)25-20(27)15(2)24-21(28)17-9-12-26(13-10-17)22(29)19(23)11-14-30-3/h5-8,15,17,19H,4,9-14,23H2,1-3H3,(H,24,28)(H,25,27)/t15-,19-/m0/s1. The van der Waals surface area contributed by atoms with Crippen LogP contribution in [-0.2, 0) is 20.8 Å². The van der Waals surface area contributed by atoms with Gasteiger partial charge in [-0.3, -0.25) is 14.4 Å². The summed E-state index contributed by atoms with van der Waals surface area (Å²) in [5, 5.41) is 5.64. The van der Waals surface area contributed by atoms with E-state index in [1.54, 1.807) is 23.6 Å². The highest BCUT2D eigenvalue weighted by molar-refractivity contribution is 7.98. The first-order valence-electron chi connectivity index (χ1n) is 10.6. The number of benzene rings is 1. The number of hydrogen-bond donors (Lipinski definition) is 3. The van der Waals surface area contributed by atoms with Gasteiger partial charge in [0, 0.05) is 24.7 Å². The van der Waals surface area contributed by atoms with E-state index in [-0.39, 0.29) is 23.6 Å². The maximum atomic E-state index is 12.6. The van der Waals surface area contributed by atoms with Crippen molar-refractivity contribution in [2.75, 3.05) is 30.4 Å². The SMILES string of the molecule is CCc1ccc(NC(=O)[C@H](C)NC(=O)C2CCN(C(=O)[C@@H](N)CCSC)CC2)cc1. The minimum absolute atomic E-state index is 0.0373. The molecule has 0 bridgehead atoms. The van der Waals surface area contributed by atoms with Gasteiger partial charge in [0.2, 0.25) is 17.7 Å². The van der Waals surface area contributed by atoms with Crippen LogP contribution in [0.4, 0.5) is 5.69 Å². The number of likely N-dealkylation sites (tertiary alicyclic amines) is 1. The van der Waals surface area contributed by atoms with E-state index < -0.39 is 12.1 Å². The topological polar surface area (TPSA) is 105 Å². The van der Waals surface area contributed by atoms with Crippen LogP contribution >= 0.6 is 11.8 Å². The molecule has 1 aromatic carbocycles. The first kappa shape index (κ1) is 24.2. The molecule has 166 valence electrons. The van der Waals surface area contributed by atoms with Crippen LogP contribution in [0, 0.1) is 5.92 Å². The van der Waals surface area contributed by atoms with Crippen molar-refractivity contribution in [1.82, 2.24) is 10.2 Å². The van der Waals surface area contributed by atoms with Gasteiger partial charge < -0.3 is 21.3 Å². The second-order valence-electron chi connectivity index (χ2n) is 7.76. The summed E-state index contributed by atoms with van der Waals surface area (Å²) in [4.78, 5) is 39.1. The molecule has 1 aliphatic rings. The number of rotatable bonds is 9. The number of hydrogen-bond acceptors (Lipinski definition) is 5. The van der Waals surface area contributed by atoms with Gasteiger partial charge in [-0.1, -0.05) is 19.1 Å². The Labute approximate surface area is 183 Å². The molecule has 7 nitrogen and oxygen atoms in total. The molecule has 1 aliphatic heterocycles. The van der Waals surface area contributed by atoms with Crippen molar-refractivity contribution in [1.29, 1.82) is 0 Å². The van der Waals surface area contributed by atoms with Crippen molar-refractivity contribution < 1.29 is 14.4 Å². The molecule has 1 fully saturated rings. The number of thioether (sulfide) groups is 1. The predicted molar refractivity (Wildman–Crippen MR) is 122 cm³/mol. The number of nitrogens with two attached hydrogens (primary N) is 1. The van der Waals surface area contributed by atoms with E-state index in [1.165, 1.54) is 5.56 Å². The van der Waals surface area contributed by atoms with Crippen molar-refractivity contribution in [2.24, 2.45) is 11.7 Å². The summed E-state index contributed by atoms with van der Waals surface area (Å²) < 4.78 is 0. The molecule has 3 amide bonds. The van der Waals surface area contributed by atoms with Gasteiger partial charge in [0.1, 0.15) is 6.04 Å². The summed E-state index contributed by atoms with van der Waals surface area (Å²) >= 11 is 1.67. The third kappa shape index (κ3) is 7.02. The van der Waals surface area contributed by atoms with Gasteiger partial charge >= 0.3 is 0 Å². The lowest BCUT2D eigenvalue weighted by molar-refractivity contribution is -0.137. The van der Waals surface area contributed by atoms with Gasteiger partial charge in [-0.05, 0) is 62.3 Å².